The van der Waals surface area contributed by atoms with Crippen molar-refractivity contribution in [2.45, 2.75) is 284 Å². The monoisotopic (exact) mass is 1140 g/mol. The summed E-state index contributed by atoms with van der Waals surface area (Å²) in [4.78, 5) is 38.3. The van der Waals surface area contributed by atoms with Crippen LogP contribution in [-0.2, 0) is 28.6 Å². The first-order valence-electron chi connectivity index (χ1n) is 33.6. The summed E-state index contributed by atoms with van der Waals surface area (Å²) in [6, 6.07) is 0. The van der Waals surface area contributed by atoms with E-state index in [2.05, 4.69) is 191 Å². The number of hydrogen-bond acceptors (Lipinski definition) is 6. The second kappa shape index (κ2) is 69.3. The summed E-state index contributed by atoms with van der Waals surface area (Å²) < 4.78 is 16.9. The minimum absolute atomic E-state index is 0.0993. The van der Waals surface area contributed by atoms with Crippen molar-refractivity contribution in [3.05, 3.63) is 170 Å². The summed E-state index contributed by atoms with van der Waals surface area (Å²) in [5.41, 5.74) is 0. The molecular weight excluding hydrogens is 1020 g/mol. The summed E-state index contributed by atoms with van der Waals surface area (Å²) >= 11 is 0. The molecule has 0 aliphatic carbocycles. The topological polar surface area (TPSA) is 78.9 Å². The van der Waals surface area contributed by atoms with Crippen molar-refractivity contribution >= 4 is 17.9 Å². The van der Waals surface area contributed by atoms with Gasteiger partial charge < -0.3 is 14.2 Å². The Labute approximate surface area is 511 Å². The van der Waals surface area contributed by atoms with Gasteiger partial charge in [0.25, 0.3) is 0 Å². The number of carbonyl (C=O) groups is 3. The molecule has 0 rings (SSSR count). The zero-order valence-electron chi connectivity index (χ0n) is 53.4. The molecule has 0 aromatic rings. The highest BCUT2D eigenvalue weighted by molar-refractivity contribution is 5.71. The van der Waals surface area contributed by atoms with Crippen LogP contribution >= 0.6 is 0 Å². The zero-order valence-corrected chi connectivity index (χ0v) is 53.4. The molecule has 0 radical (unpaired) electrons. The molecular formula is C77H122O6. The van der Waals surface area contributed by atoms with Crippen molar-refractivity contribution < 1.29 is 28.6 Å². The molecule has 0 fully saturated rings. The summed E-state index contributed by atoms with van der Waals surface area (Å²) in [6.45, 7) is 6.37. The smallest absolute Gasteiger partial charge is 0.306 e. The lowest BCUT2D eigenvalue weighted by atomic mass is 10.1. The van der Waals surface area contributed by atoms with Crippen LogP contribution in [0.3, 0.4) is 0 Å². The summed E-state index contributed by atoms with van der Waals surface area (Å²) in [5, 5.41) is 0. The molecule has 0 bridgehead atoms. The number of carbonyl (C=O) groups excluding carboxylic acids is 3. The Morgan fingerprint density at radius 1 is 0.253 bits per heavy atom. The van der Waals surface area contributed by atoms with E-state index in [4.69, 9.17) is 14.2 Å². The van der Waals surface area contributed by atoms with E-state index < -0.39 is 6.10 Å². The fourth-order valence-corrected chi connectivity index (χ4v) is 8.76. The molecule has 83 heavy (non-hydrogen) atoms. The lowest BCUT2D eigenvalue weighted by molar-refractivity contribution is -0.167. The van der Waals surface area contributed by atoms with E-state index in [0.717, 1.165) is 161 Å². The van der Waals surface area contributed by atoms with Crippen LogP contribution < -0.4 is 0 Å². The van der Waals surface area contributed by atoms with Gasteiger partial charge in [0.05, 0.1) is 0 Å². The molecule has 0 saturated carbocycles. The normalized spacial score (nSPS) is 13.2. The Kier molecular flexibility index (Phi) is 64.9. The highest BCUT2D eigenvalue weighted by atomic mass is 16.6. The molecule has 0 heterocycles. The van der Waals surface area contributed by atoms with E-state index >= 15 is 0 Å². The number of ether oxygens (including phenoxy) is 3. The molecule has 0 aromatic heterocycles. The number of rotatable bonds is 59. The second-order valence-electron chi connectivity index (χ2n) is 21.6. The maximum Gasteiger partial charge on any atom is 0.306 e. The molecule has 0 aromatic carbocycles. The predicted molar refractivity (Wildman–Crippen MR) is 361 cm³/mol. The third kappa shape index (κ3) is 67.4. The minimum Gasteiger partial charge on any atom is -0.462 e. The van der Waals surface area contributed by atoms with Gasteiger partial charge in [0, 0.05) is 19.3 Å². The highest BCUT2D eigenvalue weighted by Gasteiger charge is 2.19. The molecule has 0 spiro atoms. The van der Waals surface area contributed by atoms with Crippen molar-refractivity contribution in [2.24, 2.45) is 0 Å². The van der Waals surface area contributed by atoms with Crippen molar-refractivity contribution in [3.63, 3.8) is 0 Å². The average Bonchev–Trinajstić information content (AvgIpc) is 3.48. The Morgan fingerprint density at radius 3 is 0.747 bits per heavy atom. The van der Waals surface area contributed by atoms with Crippen LogP contribution in [0.2, 0.25) is 0 Å². The summed E-state index contributed by atoms with van der Waals surface area (Å²) in [7, 11) is 0. The molecule has 6 heteroatoms. The van der Waals surface area contributed by atoms with E-state index in [9.17, 15) is 14.4 Å². The predicted octanol–water partition coefficient (Wildman–Crippen LogP) is 23.4. The quantitative estimate of drug-likeness (QED) is 0.0261. The third-order valence-corrected chi connectivity index (χ3v) is 13.7. The molecule has 0 N–H and O–H groups in total. The SMILES string of the molecule is CC/C=C\C/C=C\C/C=C\C/C=C\C/C=C\C/C=C\C/C=C\C/C=C\C/C=C\CCCCCCCCCC(=O)OCC(COC(=O)CCCCCCCCCCCCC)OC(=O)CCCCC/C=C\C/C=C\C/C=C\C/C=C\C/C=C\CC. The second-order valence-corrected chi connectivity index (χ2v) is 21.6. The van der Waals surface area contributed by atoms with Gasteiger partial charge in [0.2, 0.25) is 0 Å². The maximum absolute atomic E-state index is 12.9. The lowest BCUT2D eigenvalue weighted by Crippen LogP contribution is -2.30. The molecule has 1 unspecified atom stereocenters. The fourth-order valence-electron chi connectivity index (χ4n) is 8.76. The molecule has 466 valence electrons. The molecule has 0 amide bonds. The molecule has 0 aliphatic rings. The van der Waals surface area contributed by atoms with Gasteiger partial charge in [-0.1, -0.05) is 294 Å². The van der Waals surface area contributed by atoms with Gasteiger partial charge in [-0.2, -0.15) is 0 Å². The Bertz CT molecular complexity index is 1890. The van der Waals surface area contributed by atoms with Gasteiger partial charge in [-0.05, 0) is 135 Å². The van der Waals surface area contributed by atoms with E-state index in [1.54, 1.807) is 0 Å². The molecule has 0 aliphatic heterocycles. The third-order valence-electron chi connectivity index (χ3n) is 13.7. The van der Waals surface area contributed by atoms with Gasteiger partial charge in [-0.25, -0.2) is 0 Å². The Hall–Kier alpha value is -5.23. The largest absolute Gasteiger partial charge is 0.462 e. The van der Waals surface area contributed by atoms with Crippen LogP contribution in [0.5, 0.6) is 0 Å². The van der Waals surface area contributed by atoms with E-state index in [1.165, 1.54) is 77.0 Å². The van der Waals surface area contributed by atoms with Gasteiger partial charge in [0.15, 0.2) is 6.10 Å². The van der Waals surface area contributed by atoms with Crippen molar-refractivity contribution in [1.82, 2.24) is 0 Å². The van der Waals surface area contributed by atoms with Gasteiger partial charge in [-0.3, -0.25) is 14.4 Å². The van der Waals surface area contributed by atoms with Crippen LogP contribution in [0.25, 0.3) is 0 Å². The molecule has 6 nitrogen and oxygen atoms in total. The van der Waals surface area contributed by atoms with Crippen LogP contribution in [-0.4, -0.2) is 37.2 Å². The minimum atomic E-state index is -0.807. The number of allylic oxidation sites excluding steroid dienone is 28. The molecule has 0 saturated heterocycles. The number of hydrogen-bond donors (Lipinski definition) is 0. The van der Waals surface area contributed by atoms with E-state index in [0.29, 0.717) is 12.8 Å². The van der Waals surface area contributed by atoms with Gasteiger partial charge >= 0.3 is 17.9 Å². The highest BCUT2D eigenvalue weighted by Crippen LogP contribution is 2.15. The first-order valence-corrected chi connectivity index (χ1v) is 33.6. The van der Waals surface area contributed by atoms with E-state index in [-0.39, 0.29) is 37.5 Å². The summed E-state index contributed by atoms with van der Waals surface area (Å²) in [6.07, 6.45) is 102. The first kappa shape index (κ1) is 77.8. The van der Waals surface area contributed by atoms with Crippen molar-refractivity contribution in [3.8, 4) is 0 Å². The van der Waals surface area contributed by atoms with Crippen LogP contribution in [0, 0.1) is 0 Å². The summed E-state index contributed by atoms with van der Waals surface area (Å²) in [5.74, 6) is -0.946. The van der Waals surface area contributed by atoms with Crippen LogP contribution in [0.15, 0.2) is 170 Å². The van der Waals surface area contributed by atoms with Crippen LogP contribution in [0.4, 0.5) is 0 Å². The van der Waals surface area contributed by atoms with Gasteiger partial charge in [0.1, 0.15) is 13.2 Å². The number of esters is 3. The maximum atomic E-state index is 12.9. The lowest BCUT2D eigenvalue weighted by Gasteiger charge is -2.18. The Morgan fingerprint density at radius 2 is 0.470 bits per heavy atom. The Balaban J connectivity index is 4.32. The van der Waals surface area contributed by atoms with E-state index in [1.807, 2.05) is 0 Å². The van der Waals surface area contributed by atoms with Crippen molar-refractivity contribution in [2.75, 3.05) is 13.2 Å². The van der Waals surface area contributed by atoms with Gasteiger partial charge in [-0.15, -0.1) is 0 Å². The standard InChI is InChI=1S/C77H122O6/c1-4-7-10-13-16-19-22-24-26-28-30-31-32-33-34-35-36-37-38-39-40-41-42-43-44-45-47-48-50-52-55-58-61-64-67-70-76(79)82-73-74(72-81-75(78)69-66-63-60-57-54-21-18-15-12-9-6-3)83-77(80)71-68-65-62-59-56-53-51-49-46-29-27-25-23-20-17-14-11-8-5-2/h7-8,10-11,16-17,19-20,24-27,30-31,33-34,36-37,39-40,42-43,45-47,49,53,56,74H,4-6,9,12-15,18,21-23,28-29,32,35,38,41,44,48,50-52,54-55,57-73H2,1-3H3/b10-7-,11-8-,19-16-,20-17-,26-24-,27-25-,31-30-,34-33-,37-36-,40-39-,43-42-,47-45-,49-46-,56-53-. The first-order chi connectivity index (χ1) is 41.0. The average molecular weight is 1140 g/mol. The van der Waals surface area contributed by atoms with Crippen LogP contribution in [0.1, 0.15) is 278 Å². The number of unbranched alkanes of at least 4 members (excludes halogenated alkanes) is 20. The zero-order chi connectivity index (χ0) is 59.9. The van der Waals surface area contributed by atoms with Crippen molar-refractivity contribution in [1.29, 1.82) is 0 Å². The molecule has 1 atom stereocenters. The fraction of sp³-hybridized carbons (Fsp3) is 0.597.